The lowest BCUT2D eigenvalue weighted by Gasteiger charge is -2.21. The molecule has 0 amide bonds. The number of hydrogen-bond donors (Lipinski definition) is 1. The van der Waals surface area contributed by atoms with Gasteiger partial charge >= 0.3 is 5.97 Å². The van der Waals surface area contributed by atoms with E-state index in [9.17, 15) is 4.79 Å². The molecule has 2 aromatic carbocycles. The van der Waals surface area contributed by atoms with Crippen LogP contribution in [0.5, 0.6) is 16.7 Å². The lowest BCUT2D eigenvalue weighted by atomic mass is 10.3. The first-order chi connectivity index (χ1) is 13.7. The van der Waals surface area contributed by atoms with Gasteiger partial charge in [-0.05, 0) is 49.2 Å². The molecule has 1 fully saturated rings. The van der Waals surface area contributed by atoms with Gasteiger partial charge in [0.25, 0.3) is 5.19 Å². The second-order valence-corrected chi connectivity index (χ2v) is 7.77. The van der Waals surface area contributed by atoms with Gasteiger partial charge in [-0.25, -0.2) is 4.98 Å². The van der Waals surface area contributed by atoms with E-state index in [1.165, 1.54) is 11.3 Å². The van der Waals surface area contributed by atoms with Crippen LogP contribution in [0.25, 0.3) is 10.2 Å². The summed E-state index contributed by atoms with van der Waals surface area (Å²) in [5.41, 5.74) is 0.936. The van der Waals surface area contributed by atoms with Gasteiger partial charge in [-0.15, -0.1) is 0 Å². The Bertz CT molecular complexity index is 904. The van der Waals surface area contributed by atoms with Crippen LogP contribution in [0.2, 0.25) is 0 Å². The lowest BCUT2D eigenvalue weighted by molar-refractivity contribution is -0.137. The molecule has 4 rings (SSSR count). The van der Waals surface area contributed by atoms with Crippen molar-refractivity contribution >= 4 is 27.5 Å². The number of para-hydroxylation sites is 1. The molecule has 0 spiro atoms. The van der Waals surface area contributed by atoms with Crippen molar-refractivity contribution in [3.05, 3.63) is 48.5 Å². The van der Waals surface area contributed by atoms with Gasteiger partial charge in [-0.2, -0.15) is 0 Å². The van der Waals surface area contributed by atoms with Crippen molar-refractivity contribution in [1.82, 2.24) is 9.88 Å². The first kappa shape index (κ1) is 18.7. The number of nitrogens with zero attached hydrogens (tertiary/aromatic N) is 2. The zero-order valence-corrected chi connectivity index (χ0v) is 16.2. The van der Waals surface area contributed by atoms with E-state index in [1.54, 1.807) is 0 Å². The molecule has 1 aliphatic rings. The van der Waals surface area contributed by atoms with Crippen LogP contribution in [0.4, 0.5) is 0 Å². The van der Waals surface area contributed by atoms with E-state index in [4.69, 9.17) is 14.6 Å². The highest BCUT2D eigenvalue weighted by Crippen LogP contribution is 2.31. The number of carboxylic acid groups (broad SMARTS) is 1. The Kier molecular flexibility index (Phi) is 5.73. The van der Waals surface area contributed by atoms with Gasteiger partial charge in [-0.1, -0.05) is 23.5 Å². The number of hydrogen-bond acceptors (Lipinski definition) is 6. The fourth-order valence-electron chi connectivity index (χ4n) is 3.04. The highest BCUT2D eigenvalue weighted by Gasteiger charge is 2.28. The molecular formula is C21H22N2O4S. The molecule has 7 heteroatoms. The number of benzene rings is 2. The largest absolute Gasteiger partial charge is 0.492 e. The Balaban J connectivity index is 1.27. The van der Waals surface area contributed by atoms with Gasteiger partial charge in [0.1, 0.15) is 18.1 Å². The predicted molar refractivity (Wildman–Crippen MR) is 108 cm³/mol. The summed E-state index contributed by atoms with van der Waals surface area (Å²) in [6.07, 6.45) is 2.48. The van der Waals surface area contributed by atoms with Crippen LogP contribution < -0.4 is 9.47 Å². The lowest BCUT2D eigenvalue weighted by Crippen LogP contribution is -2.32. The van der Waals surface area contributed by atoms with E-state index in [0.717, 1.165) is 35.4 Å². The molecule has 1 saturated carbocycles. The maximum Gasteiger partial charge on any atom is 0.304 e. The highest BCUT2D eigenvalue weighted by molar-refractivity contribution is 7.20. The highest BCUT2D eigenvalue weighted by atomic mass is 32.1. The van der Waals surface area contributed by atoms with Crippen molar-refractivity contribution in [3.63, 3.8) is 0 Å². The summed E-state index contributed by atoms with van der Waals surface area (Å²) >= 11 is 1.52. The molecule has 1 heterocycles. The molecule has 0 saturated heterocycles. The van der Waals surface area contributed by atoms with Crippen LogP contribution in [-0.2, 0) is 4.79 Å². The van der Waals surface area contributed by atoms with E-state index in [0.29, 0.717) is 30.1 Å². The van der Waals surface area contributed by atoms with Crippen molar-refractivity contribution in [2.45, 2.75) is 25.3 Å². The molecule has 1 aromatic heterocycles. The Hall–Kier alpha value is -2.64. The Morgan fingerprint density at radius 1 is 1.11 bits per heavy atom. The Morgan fingerprint density at radius 3 is 2.57 bits per heavy atom. The van der Waals surface area contributed by atoms with Gasteiger partial charge in [-0.3, -0.25) is 9.69 Å². The summed E-state index contributed by atoms with van der Waals surface area (Å²) in [6.45, 7) is 1.86. The summed E-state index contributed by atoms with van der Waals surface area (Å²) in [7, 11) is 0. The summed E-state index contributed by atoms with van der Waals surface area (Å²) in [4.78, 5) is 17.5. The number of ether oxygens (including phenoxy) is 2. The van der Waals surface area contributed by atoms with Gasteiger partial charge in [0, 0.05) is 19.1 Å². The smallest absolute Gasteiger partial charge is 0.304 e. The average molecular weight is 398 g/mol. The van der Waals surface area contributed by atoms with Crippen LogP contribution in [-0.4, -0.2) is 46.7 Å². The molecule has 3 aromatic rings. The predicted octanol–water partition coefficient (Wildman–Crippen LogP) is 4.41. The maximum absolute atomic E-state index is 10.8. The fraction of sp³-hybridized carbons (Fsp3) is 0.333. The topological polar surface area (TPSA) is 71.9 Å². The van der Waals surface area contributed by atoms with Crippen LogP contribution in [0, 0.1) is 0 Å². The van der Waals surface area contributed by atoms with Crippen LogP contribution in [0.15, 0.2) is 48.5 Å². The first-order valence-corrected chi connectivity index (χ1v) is 10.2. The summed E-state index contributed by atoms with van der Waals surface area (Å²) in [5, 5.41) is 9.49. The third-order valence-electron chi connectivity index (χ3n) is 4.63. The zero-order valence-electron chi connectivity index (χ0n) is 15.4. The quantitative estimate of drug-likeness (QED) is 0.546. The molecule has 1 N–H and O–H groups in total. The van der Waals surface area contributed by atoms with Crippen molar-refractivity contribution in [3.8, 4) is 16.7 Å². The molecule has 6 nitrogen and oxygen atoms in total. The van der Waals surface area contributed by atoms with E-state index in [1.807, 2.05) is 48.5 Å². The summed E-state index contributed by atoms with van der Waals surface area (Å²) < 4.78 is 12.8. The molecule has 0 aliphatic heterocycles. The standard InChI is InChI=1S/C21H22N2O4S/c24-20(25)11-12-23(15-5-6-15)13-14-26-16-7-9-17(10-8-16)27-21-22-18-3-1-2-4-19(18)28-21/h1-4,7-10,15H,5-6,11-14H2,(H,24,25). The number of carbonyl (C=O) groups is 1. The second-order valence-electron chi connectivity index (χ2n) is 6.78. The van der Waals surface area contributed by atoms with Crippen molar-refractivity contribution < 1.29 is 19.4 Å². The van der Waals surface area contributed by atoms with Crippen LogP contribution in [0.1, 0.15) is 19.3 Å². The average Bonchev–Trinajstić information content (AvgIpc) is 3.45. The minimum atomic E-state index is -0.754. The molecule has 0 bridgehead atoms. The summed E-state index contributed by atoms with van der Waals surface area (Å²) in [5.74, 6) is 0.730. The van der Waals surface area contributed by atoms with Gasteiger partial charge in [0.2, 0.25) is 0 Å². The van der Waals surface area contributed by atoms with Crippen molar-refractivity contribution in [2.24, 2.45) is 0 Å². The molecule has 28 heavy (non-hydrogen) atoms. The third-order valence-corrected chi connectivity index (χ3v) is 5.54. The number of carboxylic acids is 1. The monoisotopic (exact) mass is 398 g/mol. The number of thiazole rings is 1. The van der Waals surface area contributed by atoms with Gasteiger partial charge < -0.3 is 14.6 Å². The second kappa shape index (κ2) is 8.58. The maximum atomic E-state index is 10.8. The number of aromatic nitrogens is 1. The van der Waals surface area contributed by atoms with Crippen LogP contribution in [0.3, 0.4) is 0 Å². The first-order valence-electron chi connectivity index (χ1n) is 9.39. The summed E-state index contributed by atoms with van der Waals surface area (Å²) in [6, 6.07) is 16.0. The van der Waals surface area contributed by atoms with E-state index < -0.39 is 5.97 Å². The molecule has 0 radical (unpaired) electrons. The van der Waals surface area contributed by atoms with Crippen molar-refractivity contribution in [2.75, 3.05) is 19.7 Å². The molecule has 146 valence electrons. The van der Waals surface area contributed by atoms with E-state index in [-0.39, 0.29) is 6.42 Å². The molecular weight excluding hydrogens is 376 g/mol. The zero-order chi connectivity index (χ0) is 19.3. The van der Waals surface area contributed by atoms with Gasteiger partial charge in [0.05, 0.1) is 16.6 Å². The SMILES string of the molecule is O=C(O)CCN(CCOc1ccc(Oc2nc3ccccc3s2)cc1)C1CC1. The number of aliphatic carboxylic acids is 1. The van der Waals surface area contributed by atoms with E-state index in [2.05, 4.69) is 9.88 Å². The van der Waals surface area contributed by atoms with Gasteiger partial charge in [0.15, 0.2) is 0 Å². The number of rotatable bonds is 10. The molecule has 1 aliphatic carbocycles. The normalized spacial score (nSPS) is 13.8. The molecule has 0 unspecified atom stereocenters. The number of fused-ring (bicyclic) bond motifs is 1. The Labute approximate surface area is 167 Å². The Morgan fingerprint density at radius 2 is 1.86 bits per heavy atom. The third kappa shape index (κ3) is 4.99. The van der Waals surface area contributed by atoms with Crippen LogP contribution >= 0.6 is 11.3 Å². The van der Waals surface area contributed by atoms with Crippen molar-refractivity contribution in [1.29, 1.82) is 0 Å². The van der Waals surface area contributed by atoms with E-state index >= 15 is 0 Å². The fourth-order valence-corrected chi connectivity index (χ4v) is 3.87. The minimum absolute atomic E-state index is 0.175. The minimum Gasteiger partial charge on any atom is -0.492 e. The molecule has 0 atom stereocenters.